The molecule has 3 rings (SSSR count). The summed E-state index contributed by atoms with van der Waals surface area (Å²) >= 11 is 0. The van der Waals surface area contributed by atoms with Crippen LogP contribution in [0.3, 0.4) is 0 Å². The second-order valence-electron chi connectivity index (χ2n) is 5.73. The summed E-state index contributed by atoms with van der Waals surface area (Å²) in [4.78, 5) is 26.2. The molecule has 6 nitrogen and oxygen atoms in total. The predicted octanol–water partition coefficient (Wildman–Crippen LogP) is 3.97. The van der Waals surface area contributed by atoms with Crippen molar-refractivity contribution >= 4 is 17.6 Å². The van der Waals surface area contributed by atoms with Gasteiger partial charge in [-0.2, -0.15) is 0 Å². The quantitative estimate of drug-likeness (QED) is 0.735. The Morgan fingerprint density at radius 1 is 0.786 bits per heavy atom. The highest BCUT2D eigenvalue weighted by Gasteiger charge is 2.27. The van der Waals surface area contributed by atoms with Gasteiger partial charge in [0.25, 0.3) is 0 Å². The largest absolute Gasteiger partial charge is 0.465 e. The molecule has 0 aromatic heterocycles. The van der Waals surface area contributed by atoms with Crippen molar-refractivity contribution in [2.45, 2.75) is 0 Å². The molecule has 2 aromatic carbocycles. The maximum absolute atomic E-state index is 12.4. The predicted molar refractivity (Wildman–Crippen MR) is 105 cm³/mol. The fourth-order valence-electron chi connectivity index (χ4n) is 2.66. The molecule has 0 bridgehead atoms. The number of allylic oxidation sites excluding steroid dienone is 2. The van der Waals surface area contributed by atoms with E-state index >= 15 is 0 Å². The van der Waals surface area contributed by atoms with Gasteiger partial charge in [-0.15, -0.1) is 0 Å². The minimum Gasteiger partial charge on any atom is -0.465 e. The molecular formula is C22H19NO5. The lowest BCUT2D eigenvalue weighted by Crippen LogP contribution is -2.26. The molecule has 28 heavy (non-hydrogen) atoms. The van der Waals surface area contributed by atoms with Gasteiger partial charge in [0, 0.05) is 11.9 Å². The molecule has 1 heterocycles. The van der Waals surface area contributed by atoms with Crippen LogP contribution in [0, 0.1) is 0 Å². The fourth-order valence-corrected chi connectivity index (χ4v) is 2.66. The van der Waals surface area contributed by atoms with Crippen LogP contribution in [0.15, 0.2) is 90.3 Å². The third kappa shape index (κ3) is 4.12. The average molecular weight is 377 g/mol. The number of methoxy groups -OCH3 is 2. The Bertz CT molecular complexity index is 943. The monoisotopic (exact) mass is 377 g/mol. The van der Waals surface area contributed by atoms with Crippen LogP contribution in [-0.4, -0.2) is 26.2 Å². The first-order valence-corrected chi connectivity index (χ1v) is 8.52. The molecule has 2 aromatic rings. The molecule has 6 heteroatoms. The molecule has 0 aliphatic carbocycles. The molecular weight excluding hydrogens is 358 g/mol. The van der Waals surface area contributed by atoms with Gasteiger partial charge in [0.2, 0.25) is 0 Å². The summed E-state index contributed by atoms with van der Waals surface area (Å²) in [5, 5.41) is 0. The van der Waals surface area contributed by atoms with E-state index in [1.807, 2.05) is 30.3 Å². The van der Waals surface area contributed by atoms with E-state index in [1.165, 1.54) is 20.3 Å². The van der Waals surface area contributed by atoms with Crippen LogP contribution in [0.2, 0.25) is 0 Å². The topological polar surface area (TPSA) is 65.1 Å². The van der Waals surface area contributed by atoms with E-state index in [9.17, 15) is 9.59 Å². The van der Waals surface area contributed by atoms with Crippen LogP contribution >= 0.6 is 0 Å². The summed E-state index contributed by atoms with van der Waals surface area (Å²) in [6.07, 6.45) is 6.56. The maximum atomic E-state index is 12.4. The number of hydrogen-bond donors (Lipinski definition) is 0. The molecule has 142 valence electrons. The van der Waals surface area contributed by atoms with Gasteiger partial charge in [-0.05, 0) is 48.6 Å². The van der Waals surface area contributed by atoms with E-state index in [1.54, 1.807) is 47.5 Å². The van der Waals surface area contributed by atoms with Gasteiger partial charge in [-0.25, -0.2) is 9.59 Å². The smallest absolute Gasteiger partial charge is 0.355 e. The number of esters is 2. The summed E-state index contributed by atoms with van der Waals surface area (Å²) in [6, 6.07) is 16.5. The van der Waals surface area contributed by atoms with Gasteiger partial charge < -0.3 is 19.1 Å². The molecule has 0 amide bonds. The Labute approximate surface area is 162 Å². The number of carbonyl (C=O) groups excluding carboxylic acids is 2. The van der Waals surface area contributed by atoms with Crippen LogP contribution in [0.25, 0.3) is 0 Å². The van der Waals surface area contributed by atoms with Gasteiger partial charge in [-0.1, -0.05) is 24.3 Å². The minimum absolute atomic E-state index is 0.0658. The van der Waals surface area contributed by atoms with Crippen LogP contribution in [-0.2, 0) is 19.1 Å². The highest BCUT2D eigenvalue weighted by molar-refractivity contribution is 6.05. The van der Waals surface area contributed by atoms with Gasteiger partial charge in [0.1, 0.15) is 17.2 Å². The first-order valence-electron chi connectivity index (χ1n) is 8.52. The molecule has 1 aliphatic heterocycles. The van der Waals surface area contributed by atoms with E-state index < -0.39 is 11.9 Å². The molecule has 0 saturated carbocycles. The van der Waals surface area contributed by atoms with Crippen molar-refractivity contribution in [1.82, 2.24) is 0 Å². The first kappa shape index (κ1) is 19.0. The number of para-hydroxylation sites is 1. The summed E-state index contributed by atoms with van der Waals surface area (Å²) in [5.41, 5.74) is 0.821. The van der Waals surface area contributed by atoms with Gasteiger partial charge in [0.05, 0.1) is 19.8 Å². The van der Waals surface area contributed by atoms with Crippen LogP contribution in [0.1, 0.15) is 0 Å². The Balaban J connectivity index is 1.95. The number of hydrogen-bond acceptors (Lipinski definition) is 6. The van der Waals surface area contributed by atoms with Gasteiger partial charge in [-0.3, -0.25) is 0 Å². The zero-order valence-corrected chi connectivity index (χ0v) is 15.5. The number of carbonyl (C=O) groups is 2. The number of ether oxygens (including phenoxy) is 3. The molecule has 0 N–H and O–H groups in total. The van der Waals surface area contributed by atoms with Crippen molar-refractivity contribution in [1.29, 1.82) is 0 Å². The summed E-state index contributed by atoms with van der Waals surface area (Å²) in [7, 11) is 2.52. The number of rotatable bonds is 5. The minimum atomic E-state index is -0.652. The molecule has 0 unspecified atom stereocenters. The number of anilines is 1. The van der Waals surface area contributed by atoms with E-state index in [4.69, 9.17) is 14.2 Å². The Kier molecular flexibility index (Phi) is 5.91. The highest BCUT2D eigenvalue weighted by Crippen LogP contribution is 2.29. The zero-order chi connectivity index (χ0) is 19.9. The van der Waals surface area contributed by atoms with E-state index in [-0.39, 0.29) is 11.3 Å². The second kappa shape index (κ2) is 8.73. The first-order chi connectivity index (χ1) is 13.6. The summed E-state index contributed by atoms with van der Waals surface area (Å²) < 4.78 is 15.5. The summed E-state index contributed by atoms with van der Waals surface area (Å²) in [6.45, 7) is 0. The number of nitrogens with zero attached hydrogens (tertiary/aromatic N) is 1. The highest BCUT2D eigenvalue weighted by atomic mass is 16.5. The third-order valence-electron chi connectivity index (χ3n) is 3.98. The Morgan fingerprint density at radius 3 is 2.07 bits per heavy atom. The number of benzene rings is 2. The van der Waals surface area contributed by atoms with E-state index in [2.05, 4.69) is 0 Å². The van der Waals surface area contributed by atoms with Gasteiger partial charge in [0.15, 0.2) is 0 Å². The van der Waals surface area contributed by atoms with Crippen molar-refractivity contribution in [3.8, 4) is 11.5 Å². The lowest BCUT2D eigenvalue weighted by molar-refractivity contribution is -0.139. The van der Waals surface area contributed by atoms with Crippen molar-refractivity contribution in [2.24, 2.45) is 0 Å². The third-order valence-corrected chi connectivity index (χ3v) is 3.98. The standard InChI is InChI=1S/C22H19NO5/c1-26-21(24)19-10-6-7-15-23(20(19)22(25)27-2)16-11-13-18(14-12-16)28-17-8-4-3-5-9-17/h3-15H,1-2H3. The zero-order valence-electron chi connectivity index (χ0n) is 15.5. The van der Waals surface area contributed by atoms with E-state index in [0.29, 0.717) is 11.4 Å². The second-order valence-corrected chi connectivity index (χ2v) is 5.73. The molecule has 0 atom stereocenters. The summed E-state index contributed by atoms with van der Waals surface area (Å²) in [5.74, 6) is 0.0801. The van der Waals surface area contributed by atoms with E-state index in [0.717, 1.165) is 5.75 Å². The fraction of sp³-hybridized carbons (Fsp3) is 0.0909. The van der Waals surface area contributed by atoms with Crippen molar-refractivity contribution in [2.75, 3.05) is 19.1 Å². The molecule has 0 radical (unpaired) electrons. The maximum Gasteiger partial charge on any atom is 0.355 e. The van der Waals surface area contributed by atoms with Gasteiger partial charge >= 0.3 is 11.9 Å². The molecule has 0 saturated heterocycles. The van der Waals surface area contributed by atoms with Crippen LogP contribution in [0.5, 0.6) is 11.5 Å². The lowest BCUT2D eigenvalue weighted by atomic mass is 10.1. The van der Waals surface area contributed by atoms with Crippen molar-refractivity contribution in [3.63, 3.8) is 0 Å². The molecule has 1 aliphatic rings. The SMILES string of the molecule is COC(=O)C1=C(C(=O)OC)N(c2ccc(Oc3ccccc3)cc2)C=CC=C1. The molecule has 0 fully saturated rings. The Morgan fingerprint density at radius 2 is 1.43 bits per heavy atom. The van der Waals surface area contributed by atoms with Crippen molar-refractivity contribution < 1.29 is 23.8 Å². The molecule has 0 spiro atoms. The van der Waals surface area contributed by atoms with Crippen molar-refractivity contribution in [3.05, 3.63) is 90.3 Å². The van der Waals surface area contributed by atoms with Crippen LogP contribution in [0.4, 0.5) is 5.69 Å². The lowest BCUT2D eigenvalue weighted by Gasteiger charge is -2.23. The Hall–Kier alpha value is -3.80. The average Bonchev–Trinajstić information content (AvgIpc) is 2.97. The van der Waals surface area contributed by atoms with Crippen LogP contribution < -0.4 is 9.64 Å². The normalized spacial score (nSPS) is 13.1.